The van der Waals surface area contributed by atoms with E-state index in [1.165, 1.54) is 6.20 Å². The van der Waals surface area contributed by atoms with E-state index in [4.69, 9.17) is 20.8 Å². The summed E-state index contributed by atoms with van der Waals surface area (Å²) in [5.74, 6) is 0.260. The molecule has 0 aliphatic heterocycles. The smallest absolute Gasteiger partial charge is 0.411 e. The summed E-state index contributed by atoms with van der Waals surface area (Å²) in [6.07, 6.45) is 0.824. The van der Waals surface area contributed by atoms with Crippen molar-refractivity contribution >= 4 is 29.3 Å². The van der Waals surface area contributed by atoms with Crippen LogP contribution in [0.1, 0.15) is 27.6 Å². The topological polar surface area (TPSA) is 93.5 Å². The molecular weight excluding hydrogens is 382 g/mol. The van der Waals surface area contributed by atoms with Gasteiger partial charge in [0.05, 0.1) is 6.20 Å². The Bertz CT molecular complexity index is 952. The number of anilines is 1. The van der Waals surface area contributed by atoms with Crippen molar-refractivity contribution in [2.24, 2.45) is 0 Å². The summed E-state index contributed by atoms with van der Waals surface area (Å²) in [7, 11) is 0. The summed E-state index contributed by atoms with van der Waals surface area (Å²) >= 11 is 5.82. The number of hydrogen-bond donors (Lipinski definition) is 2. The number of nitrogens with one attached hydrogen (secondary N) is 2. The van der Waals surface area contributed by atoms with Crippen LogP contribution in [0.25, 0.3) is 0 Å². The van der Waals surface area contributed by atoms with E-state index >= 15 is 0 Å². The van der Waals surface area contributed by atoms with Gasteiger partial charge in [-0.3, -0.25) is 10.1 Å². The van der Waals surface area contributed by atoms with Gasteiger partial charge in [0.2, 0.25) is 5.76 Å². The lowest BCUT2D eigenvalue weighted by atomic mass is 10.2. The van der Waals surface area contributed by atoms with E-state index in [2.05, 4.69) is 15.6 Å². The highest BCUT2D eigenvalue weighted by Gasteiger charge is 2.10. The Morgan fingerprint density at radius 3 is 2.39 bits per heavy atom. The third kappa shape index (κ3) is 5.59. The van der Waals surface area contributed by atoms with Crippen molar-refractivity contribution in [3.63, 3.8) is 0 Å². The summed E-state index contributed by atoms with van der Waals surface area (Å²) < 4.78 is 10.3. The minimum atomic E-state index is -0.559. The number of nitrogens with zero attached hydrogens (tertiary/aromatic N) is 1. The molecule has 2 N–H and O–H groups in total. The molecule has 0 fully saturated rings. The number of ether oxygens (including phenoxy) is 1. The first-order valence-electron chi connectivity index (χ1n) is 8.47. The predicted octanol–water partition coefficient (Wildman–Crippen LogP) is 4.32. The molecule has 0 saturated carbocycles. The standard InChI is InChI=1S/C20H18ClN3O4/c1-13-22-11-18(28-13)19(25)23-10-14-4-8-17(9-5-14)24-20(26)27-12-15-2-6-16(21)7-3-15/h2-9,11H,10,12H2,1H3,(H,23,25)(H,24,26). The fourth-order valence-electron chi connectivity index (χ4n) is 2.33. The summed E-state index contributed by atoms with van der Waals surface area (Å²) in [5.41, 5.74) is 2.29. The molecule has 144 valence electrons. The second-order valence-electron chi connectivity index (χ2n) is 5.95. The van der Waals surface area contributed by atoms with Gasteiger partial charge in [-0.05, 0) is 35.4 Å². The summed E-state index contributed by atoms with van der Waals surface area (Å²) in [4.78, 5) is 27.7. The van der Waals surface area contributed by atoms with Crippen molar-refractivity contribution in [2.45, 2.75) is 20.1 Å². The van der Waals surface area contributed by atoms with E-state index in [0.717, 1.165) is 11.1 Å². The molecule has 0 aliphatic rings. The first kappa shape index (κ1) is 19.4. The second kappa shape index (κ2) is 9.05. The van der Waals surface area contributed by atoms with E-state index in [9.17, 15) is 9.59 Å². The Morgan fingerprint density at radius 2 is 1.75 bits per heavy atom. The predicted molar refractivity (Wildman–Crippen MR) is 104 cm³/mol. The first-order valence-corrected chi connectivity index (χ1v) is 8.85. The molecule has 0 atom stereocenters. The number of carbonyl (C=O) groups is 2. The lowest BCUT2D eigenvalue weighted by Crippen LogP contribution is -2.22. The third-order valence-electron chi connectivity index (χ3n) is 3.78. The molecule has 28 heavy (non-hydrogen) atoms. The molecular formula is C20H18ClN3O4. The van der Waals surface area contributed by atoms with Crippen LogP contribution in [0.3, 0.4) is 0 Å². The SMILES string of the molecule is Cc1ncc(C(=O)NCc2ccc(NC(=O)OCc3ccc(Cl)cc3)cc2)o1. The molecule has 3 aromatic rings. The molecule has 0 aliphatic carbocycles. The zero-order valence-electron chi connectivity index (χ0n) is 15.1. The number of halogens is 1. The Hall–Kier alpha value is -3.32. The molecule has 2 aromatic carbocycles. The number of amides is 2. The molecule has 1 aromatic heterocycles. The minimum absolute atomic E-state index is 0.147. The van der Waals surface area contributed by atoms with Gasteiger partial charge < -0.3 is 14.5 Å². The fraction of sp³-hybridized carbons (Fsp3) is 0.150. The van der Waals surface area contributed by atoms with Gasteiger partial charge in [-0.1, -0.05) is 35.9 Å². The van der Waals surface area contributed by atoms with Crippen molar-refractivity contribution in [3.8, 4) is 0 Å². The van der Waals surface area contributed by atoms with Gasteiger partial charge in [0, 0.05) is 24.2 Å². The van der Waals surface area contributed by atoms with Crippen LogP contribution in [-0.4, -0.2) is 17.0 Å². The van der Waals surface area contributed by atoms with Gasteiger partial charge in [-0.2, -0.15) is 0 Å². The molecule has 0 spiro atoms. The van der Waals surface area contributed by atoms with Crippen molar-refractivity contribution in [1.29, 1.82) is 0 Å². The highest BCUT2D eigenvalue weighted by molar-refractivity contribution is 6.30. The molecule has 2 amide bonds. The summed E-state index contributed by atoms with van der Waals surface area (Å²) in [5, 5.41) is 6.01. The Kier molecular flexibility index (Phi) is 6.29. The van der Waals surface area contributed by atoms with Gasteiger partial charge in [0.1, 0.15) is 6.61 Å². The van der Waals surface area contributed by atoms with Crippen LogP contribution >= 0.6 is 11.6 Å². The van der Waals surface area contributed by atoms with Crippen LogP contribution in [0, 0.1) is 6.92 Å². The first-order chi connectivity index (χ1) is 13.5. The molecule has 0 radical (unpaired) electrons. The average molecular weight is 400 g/mol. The van der Waals surface area contributed by atoms with Crippen LogP contribution in [0.2, 0.25) is 5.02 Å². The number of oxazole rings is 1. The van der Waals surface area contributed by atoms with Crippen molar-refractivity contribution in [3.05, 3.63) is 82.5 Å². The maximum absolute atomic E-state index is 11.9. The van der Waals surface area contributed by atoms with E-state index in [0.29, 0.717) is 23.1 Å². The Balaban J connectivity index is 1.45. The van der Waals surface area contributed by atoms with Crippen molar-refractivity contribution < 1.29 is 18.7 Å². The zero-order valence-corrected chi connectivity index (χ0v) is 15.8. The van der Waals surface area contributed by atoms with Crippen molar-refractivity contribution in [1.82, 2.24) is 10.3 Å². The van der Waals surface area contributed by atoms with Gasteiger partial charge in [-0.15, -0.1) is 0 Å². The van der Waals surface area contributed by atoms with E-state index in [1.807, 2.05) is 0 Å². The van der Waals surface area contributed by atoms with E-state index in [-0.39, 0.29) is 18.3 Å². The molecule has 8 heteroatoms. The van der Waals surface area contributed by atoms with Gasteiger partial charge in [-0.25, -0.2) is 9.78 Å². The highest BCUT2D eigenvalue weighted by Crippen LogP contribution is 2.13. The second-order valence-corrected chi connectivity index (χ2v) is 6.39. The number of hydrogen-bond acceptors (Lipinski definition) is 5. The number of aryl methyl sites for hydroxylation is 1. The van der Waals surface area contributed by atoms with Gasteiger partial charge >= 0.3 is 6.09 Å². The quantitative estimate of drug-likeness (QED) is 0.644. The number of carbonyl (C=O) groups excluding carboxylic acids is 2. The molecule has 1 heterocycles. The van der Waals surface area contributed by atoms with Crippen LogP contribution < -0.4 is 10.6 Å². The maximum atomic E-state index is 11.9. The summed E-state index contributed by atoms with van der Waals surface area (Å²) in [6, 6.07) is 14.1. The number of rotatable bonds is 6. The molecule has 0 bridgehead atoms. The van der Waals surface area contributed by atoms with E-state index < -0.39 is 6.09 Å². The van der Waals surface area contributed by atoms with E-state index in [1.54, 1.807) is 55.5 Å². The lowest BCUT2D eigenvalue weighted by Gasteiger charge is -2.08. The highest BCUT2D eigenvalue weighted by atomic mass is 35.5. The molecule has 3 rings (SSSR count). The van der Waals surface area contributed by atoms with Crippen LogP contribution in [-0.2, 0) is 17.9 Å². The normalized spacial score (nSPS) is 10.4. The average Bonchev–Trinajstić information content (AvgIpc) is 3.13. The zero-order chi connectivity index (χ0) is 19.9. The van der Waals surface area contributed by atoms with Gasteiger partial charge in [0.25, 0.3) is 5.91 Å². The Labute approximate surface area is 166 Å². The largest absolute Gasteiger partial charge is 0.444 e. The van der Waals surface area contributed by atoms with Crippen molar-refractivity contribution in [2.75, 3.05) is 5.32 Å². The molecule has 0 unspecified atom stereocenters. The minimum Gasteiger partial charge on any atom is -0.444 e. The monoisotopic (exact) mass is 399 g/mol. The van der Waals surface area contributed by atoms with Gasteiger partial charge in [0.15, 0.2) is 5.89 Å². The number of benzene rings is 2. The molecule has 7 nitrogen and oxygen atoms in total. The summed E-state index contributed by atoms with van der Waals surface area (Å²) in [6.45, 7) is 2.14. The maximum Gasteiger partial charge on any atom is 0.411 e. The van der Waals surface area contributed by atoms with Crippen LogP contribution in [0.15, 0.2) is 59.1 Å². The lowest BCUT2D eigenvalue weighted by molar-refractivity contribution is 0.0922. The van der Waals surface area contributed by atoms with Crippen LogP contribution in [0.5, 0.6) is 0 Å². The van der Waals surface area contributed by atoms with Crippen LogP contribution in [0.4, 0.5) is 10.5 Å². The molecule has 0 saturated heterocycles. The fourth-order valence-corrected chi connectivity index (χ4v) is 2.45. The Morgan fingerprint density at radius 1 is 1.07 bits per heavy atom. The number of aromatic nitrogens is 1. The third-order valence-corrected chi connectivity index (χ3v) is 4.03.